The van der Waals surface area contributed by atoms with Gasteiger partial charge in [-0.1, -0.05) is 0 Å². The van der Waals surface area contributed by atoms with Crippen molar-refractivity contribution in [1.82, 2.24) is 0 Å². The molecule has 2 bridgehead atoms. The van der Waals surface area contributed by atoms with Crippen molar-refractivity contribution in [3.8, 4) is 5.75 Å². The molecule has 0 amide bonds. The zero-order chi connectivity index (χ0) is 14.8. The van der Waals surface area contributed by atoms with Gasteiger partial charge in [0.25, 0.3) is 0 Å². The number of hydrogen-bond donors (Lipinski definition) is 0. The molecule has 0 spiro atoms. The van der Waals surface area contributed by atoms with Gasteiger partial charge >= 0.3 is 0 Å². The first-order chi connectivity index (χ1) is 10.1. The zero-order valence-corrected chi connectivity index (χ0v) is 12.6. The fourth-order valence-corrected chi connectivity index (χ4v) is 5.42. The Morgan fingerprint density at radius 2 is 1.81 bits per heavy atom. The molecular weight excluding hydrogens is 291 g/mol. The lowest BCUT2D eigenvalue weighted by Gasteiger charge is -2.26. The highest BCUT2D eigenvalue weighted by molar-refractivity contribution is 7.86. The highest BCUT2D eigenvalue weighted by atomic mass is 32.2. The van der Waals surface area contributed by atoms with Gasteiger partial charge < -0.3 is 4.74 Å². The minimum absolute atomic E-state index is 0.0528. The van der Waals surface area contributed by atoms with Gasteiger partial charge in [0.05, 0.1) is 6.61 Å². The average Bonchev–Trinajstić information content (AvgIpc) is 2.71. The van der Waals surface area contributed by atoms with Gasteiger partial charge in [-0.25, -0.2) is 4.39 Å². The highest BCUT2D eigenvalue weighted by Crippen LogP contribution is 2.39. The SMILES string of the molecule is O=C(CCOc1ccc(F)cc1)C1CC2CCC(C1)S2=O. The van der Waals surface area contributed by atoms with Crippen LogP contribution in [-0.4, -0.2) is 27.1 Å². The second kappa shape index (κ2) is 6.26. The van der Waals surface area contributed by atoms with Crippen LogP contribution >= 0.6 is 0 Å². The first kappa shape index (κ1) is 14.7. The summed E-state index contributed by atoms with van der Waals surface area (Å²) in [5.41, 5.74) is 0. The van der Waals surface area contributed by atoms with Crippen molar-refractivity contribution in [2.45, 2.75) is 42.6 Å². The third-order valence-electron chi connectivity index (χ3n) is 4.45. The van der Waals surface area contributed by atoms with Crippen molar-refractivity contribution < 1.29 is 18.1 Å². The molecule has 0 saturated carbocycles. The first-order valence-corrected chi connectivity index (χ1v) is 8.71. The molecule has 2 atom stereocenters. The number of benzene rings is 1. The molecule has 0 aromatic heterocycles. The predicted octanol–water partition coefficient (Wildman–Crippen LogP) is 2.85. The summed E-state index contributed by atoms with van der Waals surface area (Å²) in [6.07, 6.45) is 3.94. The van der Waals surface area contributed by atoms with Crippen LogP contribution in [0.25, 0.3) is 0 Å². The number of carbonyl (C=O) groups is 1. The molecule has 2 aliphatic heterocycles. The van der Waals surface area contributed by atoms with E-state index in [0.29, 0.717) is 18.8 Å². The smallest absolute Gasteiger partial charge is 0.139 e. The van der Waals surface area contributed by atoms with E-state index in [1.807, 2.05) is 0 Å². The van der Waals surface area contributed by atoms with Crippen LogP contribution in [0.2, 0.25) is 0 Å². The van der Waals surface area contributed by atoms with E-state index in [1.165, 1.54) is 12.1 Å². The number of rotatable bonds is 5. The lowest BCUT2D eigenvalue weighted by atomic mass is 9.93. The fourth-order valence-electron chi connectivity index (χ4n) is 3.30. The van der Waals surface area contributed by atoms with E-state index >= 15 is 0 Å². The van der Waals surface area contributed by atoms with Crippen molar-refractivity contribution in [3.63, 3.8) is 0 Å². The fraction of sp³-hybridized carbons (Fsp3) is 0.562. The summed E-state index contributed by atoms with van der Waals surface area (Å²) in [4.78, 5) is 12.2. The maximum Gasteiger partial charge on any atom is 0.139 e. The molecule has 1 aromatic carbocycles. The van der Waals surface area contributed by atoms with Gasteiger partial charge in [0.15, 0.2) is 0 Å². The summed E-state index contributed by atoms with van der Waals surface area (Å²) in [6.45, 7) is 0.319. The molecule has 5 heteroatoms. The van der Waals surface area contributed by atoms with E-state index < -0.39 is 10.8 Å². The molecule has 3 nitrogen and oxygen atoms in total. The van der Waals surface area contributed by atoms with Crippen molar-refractivity contribution in [1.29, 1.82) is 0 Å². The number of fused-ring (bicyclic) bond motifs is 2. The molecule has 0 radical (unpaired) electrons. The summed E-state index contributed by atoms with van der Waals surface area (Å²) in [5, 5.41) is 0.464. The lowest BCUT2D eigenvalue weighted by molar-refractivity contribution is -0.123. The van der Waals surface area contributed by atoms with E-state index in [1.54, 1.807) is 12.1 Å². The van der Waals surface area contributed by atoms with Crippen LogP contribution in [0.3, 0.4) is 0 Å². The maximum absolute atomic E-state index is 12.8. The number of halogens is 1. The van der Waals surface area contributed by atoms with E-state index in [9.17, 15) is 13.4 Å². The van der Waals surface area contributed by atoms with Gasteiger partial charge in [-0.05, 0) is 49.9 Å². The van der Waals surface area contributed by atoms with Crippen LogP contribution in [0.15, 0.2) is 24.3 Å². The van der Waals surface area contributed by atoms with E-state index in [0.717, 1.165) is 25.7 Å². The van der Waals surface area contributed by atoms with Crippen LogP contribution in [0.5, 0.6) is 5.75 Å². The third-order valence-corrected chi connectivity index (χ3v) is 6.62. The summed E-state index contributed by atoms with van der Waals surface area (Å²) >= 11 is 0. The number of ketones is 1. The molecule has 2 fully saturated rings. The topological polar surface area (TPSA) is 43.4 Å². The first-order valence-electron chi connectivity index (χ1n) is 7.44. The quantitative estimate of drug-likeness (QED) is 0.840. The molecule has 0 aliphatic carbocycles. The van der Waals surface area contributed by atoms with Gasteiger partial charge in [-0.3, -0.25) is 9.00 Å². The van der Waals surface area contributed by atoms with Crippen LogP contribution < -0.4 is 4.74 Å². The van der Waals surface area contributed by atoms with Crippen LogP contribution in [-0.2, 0) is 15.6 Å². The van der Waals surface area contributed by atoms with Crippen LogP contribution in [0.1, 0.15) is 32.1 Å². The Hall–Kier alpha value is -1.23. The molecule has 21 heavy (non-hydrogen) atoms. The number of ether oxygens (including phenoxy) is 1. The Kier molecular flexibility index (Phi) is 4.38. The zero-order valence-electron chi connectivity index (χ0n) is 11.8. The van der Waals surface area contributed by atoms with Crippen LogP contribution in [0, 0.1) is 11.7 Å². The number of carbonyl (C=O) groups excluding carboxylic acids is 1. The predicted molar refractivity (Wildman–Crippen MR) is 79.2 cm³/mol. The summed E-state index contributed by atoms with van der Waals surface area (Å²) < 4.78 is 30.1. The summed E-state index contributed by atoms with van der Waals surface area (Å²) in [7, 11) is -0.713. The Balaban J connectivity index is 1.46. The van der Waals surface area contributed by atoms with Gasteiger partial charge in [0.1, 0.15) is 17.3 Å². The molecule has 0 N–H and O–H groups in total. The molecule has 2 unspecified atom stereocenters. The number of Topliss-reactive ketones (excluding diaryl/α,β-unsaturated/α-hetero) is 1. The Bertz CT molecular complexity index is 527. The molecule has 2 heterocycles. The Labute approximate surface area is 126 Å². The Morgan fingerprint density at radius 3 is 2.43 bits per heavy atom. The molecule has 114 valence electrons. The summed E-state index contributed by atoms with van der Waals surface area (Å²) in [6, 6.07) is 5.80. The Morgan fingerprint density at radius 1 is 1.19 bits per heavy atom. The molecular formula is C16H19FO3S. The monoisotopic (exact) mass is 310 g/mol. The minimum Gasteiger partial charge on any atom is -0.493 e. The van der Waals surface area contributed by atoms with Crippen molar-refractivity contribution >= 4 is 16.6 Å². The van der Waals surface area contributed by atoms with Gasteiger partial charge in [0, 0.05) is 33.6 Å². The van der Waals surface area contributed by atoms with Gasteiger partial charge in [-0.15, -0.1) is 0 Å². The average molecular weight is 310 g/mol. The second-order valence-electron chi connectivity index (χ2n) is 5.84. The largest absolute Gasteiger partial charge is 0.493 e. The van der Waals surface area contributed by atoms with E-state index in [4.69, 9.17) is 4.74 Å². The van der Waals surface area contributed by atoms with E-state index in [2.05, 4.69) is 0 Å². The minimum atomic E-state index is -0.713. The van der Waals surface area contributed by atoms with Crippen LogP contribution in [0.4, 0.5) is 4.39 Å². The maximum atomic E-state index is 12.8. The number of hydrogen-bond acceptors (Lipinski definition) is 3. The normalized spacial score (nSPS) is 31.1. The van der Waals surface area contributed by atoms with Gasteiger partial charge in [0.2, 0.25) is 0 Å². The van der Waals surface area contributed by atoms with Crippen molar-refractivity contribution in [2.24, 2.45) is 5.92 Å². The van der Waals surface area contributed by atoms with E-state index in [-0.39, 0.29) is 28.0 Å². The third kappa shape index (κ3) is 3.34. The molecule has 1 aromatic rings. The summed E-state index contributed by atoms with van der Waals surface area (Å²) in [5.74, 6) is 0.542. The second-order valence-corrected chi connectivity index (χ2v) is 7.83. The van der Waals surface area contributed by atoms with Crippen molar-refractivity contribution in [2.75, 3.05) is 6.61 Å². The molecule has 2 saturated heterocycles. The highest BCUT2D eigenvalue weighted by Gasteiger charge is 2.42. The molecule has 3 rings (SSSR count). The molecule has 2 aliphatic rings. The standard InChI is InChI=1S/C16H19FO3S/c17-12-1-3-13(4-2-12)20-8-7-16(18)11-9-14-5-6-15(10-11)21(14)19/h1-4,11,14-15H,5-10H2. The van der Waals surface area contributed by atoms with Crippen molar-refractivity contribution in [3.05, 3.63) is 30.1 Å². The lowest BCUT2D eigenvalue weighted by Crippen LogP contribution is -2.32. The van der Waals surface area contributed by atoms with Gasteiger partial charge in [-0.2, -0.15) is 0 Å².